The highest BCUT2D eigenvalue weighted by molar-refractivity contribution is 6.18. The summed E-state index contributed by atoms with van der Waals surface area (Å²) >= 11 is 0. The van der Waals surface area contributed by atoms with Crippen LogP contribution in [0.1, 0.15) is 215 Å². The summed E-state index contributed by atoms with van der Waals surface area (Å²) in [5, 5.41) is 14.8. The van der Waals surface area contributed by atoms with E-state index in [4.69, 9.17) is 8.83 Å². The molecule has 0 saturated heterocycles. The van der Waals surface area contributed by atoms with Crippen molar-refractivity contribution in [3.63, 3.8) is 0 Å². The van der Waals surface area contributed by atoms with E-state index in [1.54, 1.807) is 11.1 Å². The Morgan fingerprint density at radius 1 is 0.176 bits per heavy atom. The third-order valence-electron chi connectivity index (χ3n) is 32.7. The summed E-state index contributed by atoms with van der Waals surface area (Å²) in [7, 11) is 0. The van der Waals surface area contributed by atoms with Crippen LogP contribution in [0.5, 0.6) is 0 Å². The fraction of sp³-hybridized carbons (Fsp3) is 0.225. The fourth-order valence-electron chi connectivity index (χ4n) is 25.8. The highest BCUT2D eigenvalue weighted by atomic mass is 16.3. The summed E-state index contributed by atoms with van der Waals surface area (Å²) in [6, 6.07) is 122. The largest absolute Gasteiger partial charge is 0.456 e. The molecule has 18 aromatic carbocycles. The van der Waals surface area contributed by atoms with E-state index in [1.165, 1.54) is 276 Å². The van der Waals surface area contributed by atoms with Gasteiger partial charge in [0.2, 0.25) is 0 Å². The molecule has 25 rings (SSSR count). The van der Waals surface area contributed by atoms with Crippen LogP contribution in [0.15, 0.2) is 324 Å². The summed E-state index contributed by atoms with van der Waals surface area (Å²) in [6.07, 6.45) is 17.5. The van der Waals surface area contributed by atoms with Crippen molar-refractivity contribution in [2.24, 2.45) is 0 Å². The Morgan fingerprint density at radius 3 is 0.863 bits per heavy atom. The monoisotopic (exact) mass is 1690 g/mol. The number of hydrogen-bond acceptors (Lipinski definition) is 2. The average Bonchev–Trinajstić information content (AvgIpc) is 1.51. The first-order valence-corrected chi connectivity index (χ1v) is 48.9. The molecule has 131 heavy (non-hydrogen) atoms. The van der Waals surface area contributed by atoms with Gasteiger partial charge in [0, 0.05) is 48.6 Å². The van der Waals surface area contributed by atoms with E-state index in [2.05, 4.69) is 385 Å². The van der Waals surface area contributed by atoms with Gasteiger partial charge in [-0.15, -0.1) is 0 Å². The minimum absolute atomic E-state index is 0.0756. The molecule has 20 aromatic rings. The number of furan rings is 2. The van der Waals surface area contributed by atoms with E-state index >= 15 is 0 Å². The summed E-state index contributed by atoms with van der Waals surface area (Å²) < 4.78 is 13.9. The first kappa shape index (κ1) is 79.7. The summed E-state index contributed by atoms with van der Waals surface area (Å²) in [4.78, 5) is 0. The van der Waals surface area contributed by atoms with Gasteiger partial charge in [-0.1, -0.05) is 365 Å². The predicted molar refractivity (Wildman–Crippen MR) is 556 cm³/mol. The van der Waals surface area contributed by atoms with Crippen LogP contribution in [0.4, 0.5) is 0 Å². The Kier molecular flexibility index (Phi) is 18.1. The average molecular weight is 1690 g/mol. The maximum atomic E-state index is 6.94. The molecule has 0 radical (unpaired) electrons. The lowest BCUT2D eigenvalue weighted by atomic mass is 9.69. The standard InChI is InChI=1S/C129H110O2/c1-11-13-15-17-19-29-63-129(64-30-20-18-16-14-12-2)115-75-107-113(127(7,8)117-71-103(91-35-21-23-39-101(91)123(107)117)89-47-33-43-85-83(41-31-45-87(85)89)81-55-61-99-97-59-53-79(67-119(97)130-121(99)69-81)77-51-57-95-93-37-25-27-49-109(93)125(3,4)111(95)65-77)73-105(115)106-74-114-108(76-116(106)129)124-102-40-24-22-36-92(102)104(72-118(124)128(114,9)10)90-48-34-44-86-84(42-32-46-88(86)90)82-56-62-100-98-60-54-80(68-120(98)131-122(100)70-82)78-52-58-96-94-38-26-28-50-110(94)126(5,6)112(96)66-78/h21-28,31-62,65-76H,11-20,29-30,63-64H2,1-10H3. The van der Waals surface area contributed by atoms with Crippen LogP contribution in [0.3, 0.4) is 0 Å². The normalized spacial score (nSPS) is 15.1. The molecule has 0 unspecified atom stereocenters. The van der Waals surface area contributed by atoms with Gasteiger partial charge < -0.3 is 8.83 Å². The Labute approximate surface area is 770 Å². The molecule has 0 saturated carbocycles. The van der Waals surface area contributed by atoms with Crippen LogP contribution in [0.25, 0.3) is 209 Å². The Bertz CT molecular complexity index is 7770. The molecule has 0 spiro atoms. The zero-order valence-electron chi connectivity index (χ0n) is 77.2. The Balaban J connectivity index is 0.580. The zero-order valence-corrected chi connectivity index (χ0v) is 77.2. The molecule has 0 N–H and O–H groups in total. The van der Waals surface area contributed by atoms with Crippen molar-refractivity contribution in [2.45, 2.75) is 186 Å². The highest BCUT2D eigenvalue weighted by Gasteiger charge is 2.50. The molecular weight excluding hydrogens is 1580 g/mol. The summed E-state index contributed by atoms with van der Waals surface area (Å²) in [5.41, 5.74) is 45.5. The van der Waals surface area contributed by atoms with Crippen LogP contribution in [0, 0.1) is 0 Å². The minimum Gasteiger partial charge on any atom is -0.456 e. The number of rotatable bonds is 20. The van der Waals surface area contributed by atoms with Crippen LogP contribution in [-0.2, 0) is 27.1 Å². The van der Waals surface area contributed by atoms with E-state index < -0.39 is 0 Å². The topological polar surface area (TPSA) is 26.3 Å². The Morgan fingerprint density at radius 2 is 0.450 bits per heavy atom. The molecule has 0 bridgehead atoms. The number of hydrogen-bond donors (Lipinski definition) is 0. The van der Waals surface area contributed by atoms with Crippen molar-refractivity contribution in [3.05, 3.63) is 371 Å². The fourth-order valence-corrected chi connectivity index (χ4v) is 25.8. The third kappa shape index (κ3) is 11.9. The third-order valence-corrected chi connectivity index (χ3v) is 32.7. The van der Waals surface area contributed by atoms with Crippen molar-refractivity contribution in [2.75, 3.05) is 0 Å². The number of unbranched alkanes of at least 4 members (excludes halogenated alkanes) is 10. The predicted octanol–water partition coefficient (Wildman–Crippen LogP) is 37.1. The molecule has 0 fully saturated rings. The first-order chi connectivity index (χ1) is 63.9. The van der Waals surface area contributed by atoms with Crippen LogP contribution in [0.2, 0.25) is 0 Å². The van der Waals surface area contributed by atoms with Gasteiger partial charge in [0.15, 0.2) is 0 Å². The summed E-state index contributed by atoms with van der Waals surface area (Å²) in [5.74, 6) is 0. The molecule has 5 aliphatic carbocycles. The minimum atomic E-state index is -0.320. The van der Waals surface area contributed by atoms with Gasteiger partial charge >= 0.3 is 0 Å². The van der Waals surface area contributed by atoms with E-state index in [0.717, 1.165) is 67.8 Å². The molecule has 2 nitrogen and oxygen atoms in total. The molecular formula is C129H110O2. The van der Waals surface area contributed by atoms with E-state index in [1.807, 2.05) is 0 Å². The molecule has 0 amide bonds. The van der Waals surface area contributed by atoms with Crippen molar-refractivity contribution >= 4 is 87.0 Å². The maximum absolute atomic E-state index is 6.94. The van der Waals surface area contributed by atoms with Crippen LogP contribution in [-0.4, -0.2) is 0 Å². The number of benzene rings is 18. The van der Waals surface area contributed by atoms with Gasteiger partial charge in [0.05, 0.1) is 0 Å². The number of fused-ring (bicyclic) bond motifs is 27. The molecule has 2 heteroatoms. The zero-order chi connectivity index (χ0) is 88.3. The Hall–Kier alpha value is -13.4. The van der Waals surface area contributed by atoms with Gasteiger partial charge in [-0.25, -0.2) is 0 Å². The quantitative estimate of drug-likeness (QED) is 0.0711. The van der Waals surface area contributed by atoms with Gasteiger partial charge in [-0.3, -0.25) is 0 Å². The lowest BCUT2D eigenvalue weighted by molar-refractivity contribution is 0.398. The molecule has 0 atom stereocenters. The van der Waals surface area contributed by atoms with Gasteiger partial charge in [-0.05, 0) is 331 Å². The first-order valence-electron chi connectivity index (χ1n) is 48.9. The van der Waals surface area contributed by atoms with E-state index in [9.17, 15) is 0 Å². The molecule has 5 aliphatic rings. The van der Waals surface area contributed by atoms with E-state index in [0.29, 0.717) is 0 Å². The molecule has 0 aliphatic heterocycles. The van der Waals surface area contributed by atoms with Gasteiger partial charge in [0.25, 0.3) is 0 Å². The van der Waals surface area contributed by atoms with Crippen molar-refractivity contribution in [1.29, 1.82) is 0 Å². The SMILES string of the molecule is CCCCCCCCC1(CCCCCCCC)c2cc3c(cc2-c2cc4c(cc21)-c1c(cc(-c2cccc5c(-c6ccc7c(c6)oc6cc(-c8ccc9c(c8)C(C)(C)c8ccccc8-9)ccc67)cccc25)c2ccccc12)C4(C)C)C(C)(C)c1cc(-c2cccc4c(-c5ccc6c(c5)oc5cc(-c7ccc8c(c7)C(C)(C)c7ccccc7-8)ccc56)cccc24)c2ccccc2c1-3. The van der Waals surface area contributed by atoms with Gasteiger partial charge in [-0.2, -0.15) is 0 Å². The van der Waals surface area contributed by atoms with Gasteiger partial charge in [0.1, 0.15) is 22.3 Å². The molecule has 2 aromatic heterocycles. The second-order valence-electron chi connectivity index (χ2n) is 41.4. The van der Waals surface area contributed by atoms with Crippen molar-refractivity contribution in [3.8, 4) is 122 Å². The highest BCUT2D eigenvalue weighted by Crippen LogP contribution is 2.65. The second-order valence-corrected chi connectivity index (χ2v) is 41.4. The van der Waals surface area contributed by atoms with Crippen molar-refractivity contribution in [1.82, 2.24) is 0 Å². The molecule has 638 valence electrons. The van der Waals surface area contributed by atoms with Crippen LogP contribution >= 0.6 is 0 Å². The van der Waals surface area contributed by atoms with Crippen molar-refractivity contribution < 1.29 is 8.83 Å². The van der Waals surface area contributed by atoms with E-state index in [-0.39, 0.29) is 27.1 Å². The lowest BCUT2D eigenvalue weighted by Gasteiger charge is -2.34. The molecule has 2 heterocycles. The van der Waals surface area contributed by atoms with Crippen LogP contribution < -0.4 is 0 Å². The lowest BCUT2D eigenvalue weighted by Crippen LogP contribution is -2.26. The summed E-state index contributed by atoms with van der Waals surface area (Å²) in [6.45, 7) is 24.3. The second kappa shape index (κ2) is 29.8. The smallest absolute Gasteiger partial charge is 0.136 e. The maximum Gasteiger partial charge on any atom is 0.136 e.